The molecule has 0 saturated heterocycles. The Bertz CT molecular complexity index is 221. The zero-order chi connectivity index (χ0) is 9.14. The Morgan fingerprint density at radius 3 is 2.58 bits per heavy atom. The van der Waals surface area contributed by atoms with Crippen LogP contribution in [0.3, 0.4) is 0 Å². The maximum Gasteiger partial charge on any atom is 0.319 e. The van der Waals surface area contributed by atoms with E-state index in [-0.39, 0.29) is 5.92 Å². The van der Waals surface area contributed by atoms with Gasteiger partial charge in [-0.15, -0.1) is 0 Å². The minimum Gasteiger partial charge on any atom is -0.468 e. The Morgan fingerprint density at radius 1 is 1.67 bits per heavy atom. The molecular weight excluding hydrogens is 156 g/mol. The summed E-state index contributed by atoms with van der Waals surface area (Å²) in [4.78, 5) is 11.0. The maximum atomic E-state index is 11.0. The fourth-order valence-electron chi connectivity index (χ4n) is 1.06. The van der Waals surface area contributed by atoms with Crippen LogP contribution in [0.4, 0.5) is 0 Å². The molecule has 1 fully saturated rings. The van der Waals surface area contributed by atoms with Crippen molar-refractivity contribution in [1.29, 1.82) is 10.8 Å². The fraction of sp³-hybridized carbons (Fsp3) is 0.625. The molecule has 1 aliphatic carbocycles. The lowest BCUT2D eigenvalue weighted by Crippen LogP contribution is -2.27. The first-order valence-corrected chi connectivity index (χ1v) is 3.87. The summed E-state index contributed by atoms with van der Waals surface area (Å²) in [7, 11) is 1.28. The van der Waals surface area contributed by atoms with E-state index < -0.39 is 11.9 Å². The van der Waals surface area contributed by atoms with Crippen molar-refractivity contribution in [3.63, 3.8) is 0 Å². The molecular formula is C8H12N2O2. The van der Waals surface area contributed by atoms with Crippen LogP contribution in [0.1, 0.15) is 12.8 Å². The topological polar surface area (TPSA) is 74.0 Å². The molecule has 0 amide bonds. The van der Waals surface area contributed by atoms with Crippen LogP contribution in [0.5, 0.6) is 0 Å². The Morgan fingerprint density at radius 2 is 2.25 bits per heavy atom. The second-order valence-corrected chi connectivity index (χ2v) is 2.90. The monoisotopic (exact) mass is 168 g/mol. The van der Waals surface area contributed by atoms with E-state index >= 15 is 0 Å². The zero-order valence-electron chi connectivity index (χ0n) is 6.96. The third-order valence-corrected chi connectivity index (χ3v) is 1.97. The molecule has 1 unspecified atom stereocenters. The summed E-state index contributed by atoms with van der Waals surface area (Å²) < 4.78 is 4.47. The van der Waals surface area contributed by atoms with E-state index in [9.17, 15) is 4.79 Å². The molecule has 1 rings (SSSR count). The first-order valence-electron chi connectivity index (χ1n) is 3.87. The van der Waals surface area contributed by atoms with Crippen LogP contribution in [0.2, 0.25) is 0 Å². The van der Waals surface area contributed by atoms with Crippen molar-refractivity contribution in [2.45, 2.75) is 12.8 Å². The lowest BCUT2D eigenvalue weighted by molar-refractivity contribution is -0.141. The van der Waals surface area contributed by atoms with Gasteiger partial charge >= 0.3 is 5.97 Å². The van der Waals surface area contributed by atoms with Crippen molar-refractivity contribution >= 4 is 17.9 Å². The Hall–Kier alpha value is -1.19. The van der Waals surface area contributed by atoms with Crippen molar-refractivity contribution in [2.75, 3.05) is 7.11 Å². The smallest absolute Gasteiger partial charge is 0.319 e. The molecule has 0 aromatic rings. The average molecular weight is 168 g/mol. The Balaban J connectivity index is 2.59. The van der Waals surface area contributed by atoms with Gasteiger partial charge in [0, 0.05) is 11.9 Å². The molecule has 0 radical (unpaired) electrons. The minimum absolute atomic E-state index is 0.218. The number of esters is 1. The molecule has 0 heterocycles. The van der Waals surface area contributed by atoms with Gasteiger partial charge in [-0.2, -0.15) is 0 Å². The Labute approximate surface area is 70.9 Å². The van der Waals surface area contributed by atoms with E-state index in [2.05, 4.69) is 4.74 Å². The number of hydrogen-bond donors (Lipinski definition) is 2. The molecule has 0 spiro atoms. The number of rotatable bonds is 4. The van der Waals surface area contributed by atoms with E-state index in [4.69, 9.17) is 10.8 Å². The summed E-state index contributed by atoms with van der Waals surface area (Å²) in [5.41, 5.74) is 0.330. The fourth-order valence-corrected chi connectivity index (χ4v) is 1.06. The number of nitrogens with one attached hydrogen (secondary N) is 2. The molecule has 4 heteroatoms. The molecule has 4 nitrogen and oxygen atoms in total. The van der Waals surface area contributed by atoms with Crippen molar-refractivity contribution in [1.82, 2.24) is 0 Å². The van der Waals surface area contributed by atoms with Gasteiger partial charge in [-0.3, -0.25) is 4.79 Å². The lowest BCUT2D eigenvalue weighted by atomic mass is 10.0. The highest BCUT2D eigenvalue weighted by Gasteiger charge is 2.34. The first kappa shape index (κ1) is 8.90. The van der Waals surface area contributed by atoms with Gasteiger partial charge in [-0.25, -0.2) is 0 Å². The third-order valence-electron chi connectivity index (χ3n) is 1.97. The van der Waals surface area contributed by atoms with Crippen LogP contribution in [0, 0.1) is 22.7 Å². The molecule has 0 aromatic carbocycles. The van der Waals surface area contributed by atoms with Crippen LogP contribution >= 0.6 is 0 Å². The highest BCUT2D eigenvalue weighted by atomic mass is 16.5. The number of methoxy groups -OCH3 is 1. The largest absolute Gasteiger partial charge is 0.468 e. The van der Waals surface area contributed by atoms with Gasteiger partial charge in [0.25, 0.3) is 0 Å². The summed E-state index contributed by atoms with van der Waals surface area (Å²) in [6, 6.07) is 0. The standard InChI is InChI=1S/C8H12N2O2/c1-12-8(11)6(4-9)7(10)5-2-3-5/h4-6,9-10H,2-3H2,1H3. The van der Waals surface area contributed by atoms with Crippen LogP contribution < -0.4 is 0 Å². The van der Waals surface area contributed by atoms with Crippen molar-refractivity contribution in [3.05, 3.63) is 0 Å². The van der Waals surface area contributed by atoms with Crippen LogP contribution in [-0.4, -0.2) is 25.0 Å². The van der Waals surface area contributed by atoms with Gasteiger partial charge in [-0.1, -0.05) is 0 Å². The average Bonchev–Trinajstić information content (AvgIpc) is 2.87. The molecule has 1 atom stereocenters. The minimum atomic E-state index is -0.748. The molecule has 66 valence electrons. The maximum absolute atomic E-state index is 11.0. The number of ether oxygens (including phenoxy) is 1. The highest BCUT2D eigenvalue weighted by molar-refractivity contribution is 6.13. The second kappa shape index (κ2) is 3.47. The van der Waals surface area contributed by atoms with Gasteiger partial charge in [0.2, 0.25) is 0 Å². The summed E-state index contributed by atoms with van der Waals surface area (Å²) in [6.45, 7) is 0. The first-order chi connectivity index (χ1) is 5.70. The zero-order valence-corrected chi connectivity index (χ0v) is 6.96. The summed E-state index contributed by atoms with van der Waals surface area (Å²) >= 11 is 0. The van der Waals surface area contributed by atoms with Crippen LogP contribution in [-0.2, 0) is 9.53 Å². The quantitative estimate of drug-likeness (QED) is 0.482. The van der Waals surface area contributed by atoms with Gasteiger partial charge in [0.15, 0.2) is 0 Å². The van der Waals surface area contributed by atoms with E-state index in [1.54, 1.807) is 0 Å². The predicted molar refractivity (Wildman–Crippen MR) is 44.7 cm³/mol. The van der Waals surface area contributed by atoms with E-state index in [0.29, 0.717) is 5.71 Å². The molecule has 0 aromatic heterocycles. The van der Waals surface area contributed by atoms with Gasteiger partial charge in [0.05, 0.1) is 7.11 Å². The van der Waals surface area contributed by atoms with E-state index in [0.717, 1.165) is 19.1 Å². The van der Waals surface area contributed by atoms with Gasteiger partial charge in [0.1, 0.15) is 5.92 Å². The number of carbonyl (C=O) groups excluding carboxylic acids is 1. The van der Waals surface area contributed by atoms with Gasteiger partial charge < -0.3 is 15.6 Å². The second-order valence-electron chi connectivity index (χ2n) is 2.90. The molecule has 12 heavy (non-hydrogen) atoms. The molecule has 0 aliphatic heterocycles. The van der Waals surface area contributed by atoms with Crippen molar-refractivity contribution in [3.8, 4) is 0 Å². The van der Waals surface area contributed by atoms with Crippen molar-refractivity contribution < 1.29 is 9.53 Å². The molecule has 0 bridgehead atoms. The summed E-state index contributed by atoms with van der Waals surface area (Å²) in [5, 5.41) is 14.5. The van der Waals surface area contributed by atoms with Crippen molar-refractivity contribution in [2.24, 2.45) is 11.8 Å². The number of carbonyl (C=O) groups is 1. The Kier molecular flexibility index (Phi) is 2.58. The molecule has 1 saturated carbocycles. The van der Waals surface area contributed by atoms with Crippen LogP contribution in [0.15, 0.2) is 0 Å². The van der Waals surface area contributed by atoms with Gasteiger partial charge in [-0.05, 0) is 18.8 Å². The lowest BCUT2D eigenvalue weighted by Gasteiger charge is -2.09. The van der Waals surface area contributed by atoms with E-state index in [1.807, 2.05) is 0 Å². The third kappa shape index (κ3) is 1.69. The van der Waals surface area contributed by atoms with Crippen LogP contribution in [0.25, 0.3) is 0 Å². The summed E-state index contributed by atoms with van der Waals surface area (Å²) in [6.07, 6.45) is 2.92. The normalized spacial score (nSPS) is 18.1. The summed E-state index contributed by atoms with van der Waals surface area (Å²) in [5.74, 6) is -1.03. The molecule has 2 N–H and O–H groups in total. The van der Waals surface area contributed by atoms with E-state index in [1.165, 1.54) is 7.11 Å². The SMILES string of the molecule is COC(=O)C(C=N)C(=N)C1CC1. The predicted octanol–water partition coefficient (Wildman–Crippen LogP) is 0.855. The number of hydrogen-bond acceptors (Lipinski definition) is 4. The highest BCUT2D eigenvalue weighted by Crippen LogP contribution is 2.32. The molecule has 1 aliphatic rings.